The first-order valence-electron chi connectivity index (χ1n) is 6.10. The molecular weight excluding hydrogens is 250 g/mol. The average Bonchev–Trinajstić information content (AvgIpc) is 2.29. The van der Waals surface area contributed by atoms with E-state index >= 15 is 0 Å². The first kappa shape index (κ1) is 15.1. The average molecular weight is 271 g/mol. The maximum atomic E-state index is 11.9. The van der Waals surface area contributed by atoms with Crippen molar-refractivity contribution in [3.8, 4) is 0 Å². The number of hydrogen-bond donors (Lipinski definition) is 2. The third kappa shape index (κ3) is 5.16. The number of hydrogen-bond acceptors (Lipinski definition) is 3. The van der Waals surface area contributed by atoms with E-state index in [9.17, 15) is 8.42 Å². The van der Waals surface area contributed by atoms with E-state index in [1.807, 2.05) is 37.3 Å². The van der Waals surface area contributed by atoms with Crippen LogP contribution < -0.4 is 4.72 Å². The first-order valence-corrected chi connectivity index (χ1v) is 7.75. The van der Waals surface area contributed by atoms with Crippen LogP contribution in [0.15, 0.2) is 30.3 Å². The molecule has 0 amide bonds. The molecule has 0 heterocycles. The van der Waals surface area contributed by atoms with Crippen molar-refractivity contribution in [1.82, 2.24) is 4.72 Å². The van der Waals surface area contributed by atoms with Gasteiger partial charge in [0.2, 0.25) is 10.0 Å². The van der Waals surface area contributed by atoms with Crippen LogP contribution in [0.2, 0.25) is 0 Å². The van der Waals surface area contributed by atoms with Crippen LogP contribution in [0.25, 0.3) is 0 Å². The zero-order chi connectivity index (χ0) is 13.6. The zero-order valence-corrected chi connectivity index (χ0v) is 11.7. The zero-order valence-electron chi connectivity index (χ0n) is 10.8. The van der Waals surface area contributed by atoms with E-state index in [2.05, 4.69) is 4.72 Å². The van der Waals surface area contributed by atoms with E-state index in [0.717, 1.165) is 5.56 Å². The summed E-state index contributed by atoms with van der Waals surface area (Å²) in [6, 6.07) is 9.34. The van der Waals surface area contributed by atoms with Crippen LogP contribution in [0.1, 0.15) is 31.7 Å². The van der Waals surface area contributed by atoms with Crippen molar-refractivity contribution in [2.24, 2.45) is 0 Å². The largest absolute Gasteiger partial charge is 0.396 e. The maximum absolute atomic E-state index is 11.9. The SMILES string of the molecule is CC(CCO)NS(=O)(=O)CC(C)c1ccccc1. The molecule has 4 nitrogen and oxygen atoms in total. The number of sulfonamides is 1. The van der Waals surface area contributed by atoms with E-state index in [0.29, 0.717) is 6.42 Å². The molecule has 18 heavy (non-hydrogen) atoms. The van der Waals surface area contributed by atoms with Crippen LogP contribution >= 0.6 is 0 Å². The summed E-state index contributed by atoms with van der Waals surface area (Å²) < 4.78 is 26.4. The number of aliphatic hydroxyl groups excluding tert-OH is 1. The third-order valence-corrected chi connectivity index (χ3v) is 4.48. The highest BCUT2D eigenvalue weighted by Gasteiger charge is 2.18. The lowest BCUT2D eigenvalue weighted by Gasteiger charge is -2.16. The Labute approximate surface area is 109 Å². The predicted molar refractivity (Wildman–Crippen MR) is 72.9 cm³/mol. The Morgan fingerprint density at radius 1 is 1.22 bits per heavy atom. The Kier molecular flexibility index (Phi) is 5.78. The minimum atomic E-state index is -3.31. The predicted octanol–water partition coefficient (Wildman–Crippen LogP) is 1.48. The van der Waals surface area contributed by atoms with Gasteiger partial charge in [-0.05, 0) is 24.8 Å². The summed E-state index contributed by atoms with van der Waals surface area (Å²) in [5.41, 5.74) is 1.01. The fourth-order valence-corrected chi connectivity index (χ4v) is 3.49. The van der Waals surface area contributed by atoms with Crippen molar-refractivity contribution >= 4 is 10.0 Å². The molecule has 0 saturated heterocycles. The van der Waals surface area contributed by atoms with Crippen LogP contribution in [-0.2, 0) is 10.0 Å². The molecule has 0 aliphatic carbocycles. The number of aliphatic hydroxyl groups is 1. The van der Waals surface area contributed by atoms with Crippen LogP contribution in [0.4, 0.5) is 0 Å². The topological polar surface area (TPSA) is 66.4 Å². The molecule has 5 heteroatoms. The highest BCUT2D eigenvalue weighted by atomic mass is 32.2. The van der Waals surface area contributed by atoms with E-state index in [1.165, 1.54) is 0 Å². The monoisotopic (exact) mass is 271 g/mol. The second kappa shape index (κ2) is 6.87. The van der Waals surface area contributed by atoms with Crippen molar-refractivity contribution in [3.05, 3.63) is 35.9 Å². The summed E-state index contributed by atoms with van der Waals surface area (Å²) in [5, 5.41) is 8.76. The highest BCUT2D eigenvalue weighted by Crippen LogP contribution is 2.16. The van der Waals surface area contributed by atoms with Gasteiger partial charge in [0, 0.05) is 12.6 Å². The van der Waals surface area contributed by atoms with Crippen LogP contribution in [0, 0.1) is 0 Å². The van der Waals surface area contributed by atoms with Crippen molar-refractivity contribution < 1.29 is 13.5 Å². The van der Waals surface area contributed by atoms with E-state index in [1.54, 1.807) is 6.92 Å². The highest BCUT2D eigenvalue weighted by molar-refractivity contribution is 7.89. The molecule has 102 valence electrons. The lowest BCUT2D eigenvalue weighted by Crippen LogP contribution is -2.36. The van der Waals surface area contributed by atoms with Crippen LogP contribution in [0.5, 0.6) is 0 Å². The van der Waals surface area contributed by atoms with Gasteiger partial charge in [-0.2, -0.15) is 0 Å². The molecule has 0 radical (unpaired) electrons. The smallest absolute Gasteiger partial charge is 0.212 e. The van der Waals surface area contributed by atoms with Gasteiger partial charge in [-0.25, -0.2) is 13.1 Å². The summed E-state index contributed by atoms with van der Waals surface area (Å²) in [4.78, 5) is 0. The van der Waals surface area contributed by atoms with Crippen LogP contribution in [-0.4, -0.2) is 31.9 Å². The summed E-state index contributed by atoms with van der Waals surface area (Å²) >= 11 is 0. The molecular formula is C13H21NO3S. The molecule has 0 saturated carbocycles. The Morgan fingerprint density at radius 2 is 1.83 bits per heavy atom. The molecule has 0 fully saturated rings. The fourth-order valence-electron chi connectivity index (χ4n) is 1.81. The Morgan fingerprint density at radius 3 is 2.39 bits per heavy atom. The van der Waals surface area contributed by atoms with Gasteiger partial charge in [-0.15, -0.1) is 0 Å². The van der Waals surface area contributed by atoms with E-state index < -0.39 is 10.0 Å². The van der Waals surface area contributed by atoms with Gasteiger partial charge in [0.25, 0.3) is 0 Å². The number of rotatable bonds is 7. The van der Waals surface area contributed by atoms with Gasteiger partial charge < -0.3 is 5.11 Å². The lowest BCUT2D eigenvalue weighted by atomic mass is 10.0. The van der Waals surface area contributed by atoms with Crippen molar-refractivity contribution in [3.63, 3.8) is 0 Å². The molecule has 0 bridgehead atoms. The molecule has 0 spiro atoms. The van der Waals surface area contributed by atoms with Gasteiger partial charge in [0.05, 0.1) is 5.75 Å². The standard InChI is InChI=1S/C13H21NO3S/c1-11(13-6-4-3-5-7-13)10-18(16,17)14-12(2)8-9-15/h3-7,11-12,14-15H,8-10H2,1-2H3. The van der Waals surface area contributed by atoms with Gasteiger partial charge in [0.15, 0.2) is 0 Å². The normalized spacial score (nSPS) is 15.3. The first-order chi connectivity index (χ1) is 8.44. The van der Waals surface area contributed by atoms with Crippen molar-refractivity contribution in [2.45, 2.75) is 32.2 Å². The van der Waals surface area contributed by atoms with Crippen molar-refractivity contribution in [1.29, 1.82) is 0 Å². The number of benzene rings is 1. The second-order valence-electron chi connectivity index (χ2n) is 4.62. The molecule has 1 rings (SSSR count). The second-order valence-corrected chi connectivity index (χ2v) is 6.42. The Balaban J connectivity index is 2.60. The van der Waals surface area contributed by atoms with Crippen molar-refractivity contribution in [2.75, 3.05) is 12.4 Å². The summed E-state index contributed by atoms with van der Waals surface area (Å²) in [6.45, 7) is 3.63. The fraction of sp³-hybridized carbons (Fsp3) is 0.538. The maximum Gasteiger partial charge on any atom is 0.212 e. The summed E-state index contributed by atoms with van der Waals surface area (Å²) in [7, 11) is -3.31. The molecule has 1 aromatic carbocycles. The van der Waals surface area contributed by atoms with E-state index in [-0.39, 0.29) is 24.3 Å². The molecule has 2 atom stereocenters. The number of nitrogens with one attached hydrogen (secondary N) is 1. The molecule has 2 unspecified atom stereocenters. The van der Waals surface area contributed by atoms with Gasteiger partial charge >= 0.3 is 0 Å². The minimum Gasteiger partial charge on any atom is -0.396 e. The molecule has 0 aromatic heterocycles. The van der Waals surface area contributed by atoms with E-state index in [4.69, 9.17) is 5.11 Å². The Bertz CT molecular complexity index is 445. The third-order valence-electron chi connectivity index (χ3n) is 2.78. The lowest BCUT2D eigenvalue weighted by molar-refractivity contribution is 0.275. The van der Waals surface area contributed by atoms with Gasteiger partial charge in [-0.1, -0.05) is 37.3 Å². The molecule has 1 aromatic rings. The minimum absolute atomic E-state index is 0.0159. The van der Waals surface area contributed by atoms with Gasteiger partial charge in [0.1, 0.15) is 0 Å². The summed E-state index contributed by atoms with van der Waals surface area (Å²) in [6.07, 6.45) is 0.430. The molecule has 2 N–H and O–H groups in total. The summed E-state index contributed by atoms with van der Waals surface area (Å²) in [5.74, 6) is 0.0114. The quantitative estimate of drug-likeness (QED) is 0.789. The Hall–Kier alpha value is -0.910. The van der Waals surface area contributed by atoms with Gasteiger partial charge in [-0.3, -0.25) is 0 Å². The van der Waals surface area contributed by atoms with Crippen LogP contribution in [0.3, 0.4) is 0 Å². The molecule has 0 aliphatic rings. The molecule has 0 aliphatic heterocycles.